The molecule has 0 aromatic heterocycles. The van der Waals surface area contributed by atoms with Crippen LogP contribution < -0.4 is 9.47 Å². The first-order valence-corrected chi connectivity index (χ1v) is 8.78. The maximum atomic E-state index is 13.3. The normalized spacial score (nSPS) is 25.8. The Balaban J connectivity index is 1.50. The summed E-state index contributed by atoms with van der Waals surface area (Å²) in [5, 5.41) is 10.4. The zero-order valence-electron chi connectivity index (χ0n) is 14.3. The minimum absolute atomic E-state index is 0.285. The molecule has 6 heteroatoms. The van der Waals surface area contributed by atoms with E-state index in [1.165, 1.54) is 45.2 Å². The third-order valence-corrected chi connectivity index (χ3v) is 4.94. The smallest absolute Gasteiger partial charge is 0.163 e. The molecule has 1 aromatic carbocycles. The van der Waals surface area contributed by atoms with Gasteiger partial charge in [0.2, 0.25) is 0 Å². The van der Waals surface area contributed by atoms with E-state index in [0.717, 1.165) is 26.1 Å². The third kappa shape index (κ3) is 4.37. The highest BCUT2D eigenvalue weighted by molar-refractivity contribution is 5.40. The van der Waals surface area contributed by atoms with Gasteiger partial charge in [-0.2, -0.15) is 0 Å². The van der Waals surface area contributed by atoms with E-state index >= 15 is 0 Å². The van der Waals surface area contributed by atoms with Crippen LogP contribution in [0.3, 0.4) is 0 Å². The molecule has 0 radical (unpaired) electrons. The molecule has 3 rings (SSSR count). The molecular formula is C18H27FN2O3. The quantitative estimate of drug-likeness (QED) is 0.856. The van der Waals surface area contributed by atoms with Crippen molar-refractivity contribution in [1.29, 1.82) is 0 Å². The number of likely N-dealkylation sites (tertiary alicyclic amines) is 2. The van der Waals surface area contributed by atoms with Gasteiger partial charge < -0.3 is 19.5 Å². The fourth-order valence-corrected chi connectivity index (χ4v) is 3.51. The molecule has 134 valence electrons. The largest absolute Gasteiger partial charge is 0.493 e. The monoisotopic (exact) mass is 338 g/mol. The van der Waals surface area contributed by atoms with Gasteiger partial charge in [0.25, 0.3) is 0 Å². The average molecular weight is 338 g/mol. The molecule has 2 fully saturated rings. The number of aliphatic hydroxyl groups is 1. The van der Waals surface area contributed by atoms with E-state index in [1.54, 1.807) is 6.07 Å². The number of methoxy groups -OCH3 is 1. The van der Waals surface area contributed by atoms with Gasteiger partial charge in [0.15, 0.2) is 11.5 Å². The van der Waals surface area contributed by atoms with Crippen LogP contribution in [-0.2, 0) is 0 Å². The van der Waals surface area contributed by atoms with Crippen molar-refractivity contribution in [2.45, 2.75) is 31.5 Å². The van der Waals surface area contributed by atoms with Gasteiger partial charge in [-0.25, -0.2) is 4.39 Å². The predicted molar refractivity (Wildman–Crippen MR) is 90.1 cm³/mol. The van der Waals surface area contributed by atoms with Crippen LogP contribution in [0.2, 0.25) is 0 Å². The second kappa shape index (κ2) is 8.14. The lowest BCUT2D eigenvalue weighted by atomic mass is 10.0. The summed E-state index contributed by atoms with van der Waals surface area (Å²) in [5.41, 5.74) is 0. The first-order chi connectivity index (χ1) is 11.7. The van der Waals surface area contributed by atoms with E-state index < -0.39 is 6.10 Å². The number of hydrogen-bond donors (Lipinski definition) is 1. The lowest BCUT2D eigenvalue weighted by Crippen LogP contribution is -2.50. The van der Waals surface area contributed by atoms with Gasteiger partial charge in [-0.1, -0.05) is 0 Å². The molecule has 1 aromatic rings. The number of hydrogen-bond acceptors (Lipinski definition) is 5. The number of nitrogens with zero attached hydrogens (tertiary/aromatic N) is 2. The molecule has 2 aliphatic rings. The maximum Gasteiger partial charge on any atom is 0.163 e. The number of benzene rings is 1. The highest BCUT2D eigenvalue weighted by Gasteiger charge is 2.30. The molecule has 2 saturated heterocycles. The molecular weight excluding hydrogens is 311 g/mol. The number of rotatable bonds is 6. The fraction of sp³-hybridized carbons (Fsp3) is 0.667. The van der Waals surface area contributed by atoms with Crippen molar-refractivity contribution in [3.63, 3.8) is 0 Å². The van der Waals surface area contributed by atoms with Crippen LogP contribution in [0.1, 0.15) is 19.3 Å². The Hall–Kier alpha value is -1.37. The van der Waals surface area contributed by atoms with Crippen LogP contribution in [0.5, 0.6) is 11.5 Å². The Morgan fingerprint density at radius 1 is 1.12 bits per heavy atom. The molecule has 2 atom stereocenters. The highest BCUT2D eigenvalue weighted by atomic mass is 19.1. The van der Waals surface area contributed by atoms with Crippen molar-refractivity contribution in [1.82, 2.24) is 9.80 Å². The van der Waals surface area contributed by atoms with Gasteiger partial charge in [-0.15, -0.1) is 0 Å². The molecule has 2 aliphatic heterocycles. The number of halogens is 1. The Morgan fingerprint density at radius 3 is 2.58 bits per heavy atom. The van der Waals surface area contributed by atoms with E-state index in [1.807, 2.05) is 0 Å². The van der Waals surface area contributed by atoms with E-state index in [4.69, 9.17) is 9.47 Å². The Kier molecular flexibility index (Phi) is 5.92. The summed E-state index contributed by atoms with van der Waals surface area (Å²) in [6.07, 6.45) is 2.53. The minimum Gasteiger partial charge on any atom is -0.493 e. The molecule has 0 unspecified atom stereocenters. The molecule has 0 amide bonds. The SMILES string of the molecule is COc1cc(F)ccc1O[C@@H]1CCN(CCN2CCCC2)C[C@H]1O. The average Bonchev–Trinajstić information content (AvgIpc) is 3.10. The summed E-state index contributed by atoms with van der Waals surface area (Å²) in [6, 6.07) is 4.20. The van der Waals surface area contributed by atoms with Crippen LogP contribution in [-0.4, -0.2) is 73.5 Å². The van der Waals surface area contributed by atoms with Crippen LogP contribution in [0.25, 0.3) is 0 Å². The maximum absolute atomic E-state index is 13.3. The molecule has 0 bridgehead atoms. The number of aliphatic hydroxyl groups excluding tert-OH is 1. The third-order valence-electron chi connectivity index (χ3n) is 4.94. The lowest BCUT2D eigenvalue weighted by Gasteiger charge is -2.36. The Morgan fingerprint density at radius 2 is 1.88 bits per heavy atom. The number of piperidine rings is 1. The molecule has 0 aliphatic carbocycles. The Bertz CT molecular complexity index is 537. The van der Waals surface area contributed by atoms with Crippen LogP contribution >= 0.6 is 0 Å². The summed E-state index contributed by atoms with van der Waals surface area (Å²) in [7, 11) is 1.49. The van der Waals surface area contributed by atoms with E-state index in [9.17, 15) is 9.50 Å². The van der Waals surface area contributed by atoms with E-state index in [-0.39, 0.29) is 11.9 Å². The van der Waals surface area contributed by atoms with Gasteiger partial charge in [0.1, 0.15) is 18.0 Å². The van der Waals surface area contributed by atoms with Crippen LogP contribution in [0.4, 0.5) is 4.39 Å². The van der Waals surface area contributed by atoms with Crippen molar-refractivity contribution >= 4 is 0 Å². The molecule has 1 N–H and O–H groups in total. The summed E-state index contributed by atoms with van der Waals surface area (Å²) < 4.78 is 24.3. The van der Waals surface area contributed by atoms with Gasteiger partial charge in [0.05, 0.1) is 7.11 Å². The molecule has 2 heterocycles. The van der Waals surface area contributed by atoms with Crippen molar-refractivity contribution in [2.75, 3.05) is 46.4 Å². The highest BCUT2D eigenvalue weighted by Crippen LogP contribution is 2.30. The van der Waals surface area contributed by atoms with Gasteiger partial charge in [0, 0.05) is 32.2 Å². The molecule has 0 saturated carbocycles. The predicted octanol–water partition coefficient (Wildman–Crippen LogP) is 1.74. The second-order valence-corrected chi connectivity index (χ2v) is 6.66. The summed E-state index contributed by atoms with van der Waals surface area (Å²) >= 11 is 0. The van der Waals surface area contributed by atoms with Crippen molar-refractivity contribution in [2.24, 2.45) is 0 Å². The first kappa shape index (κ1) is 17.5. The van der Waals surface area contributed by atoms with Crippen molar-refractivity contribution < 1.29 is 19.0 Å². The summed E-state index contributed by atoms with van der Waals surface area (Å²) in [5.74, 6) is 0.476. The fourth-order valence-electron chi connectivity index (χ4n) is 3.51. The van der Waals surface area contributed by atoms with Crippen LogP contribution in [0.15, 0.2) is 18.2 Å². The van der Waals surface area contributed by atoms with Crippen LogP contribution in [0, 0.1) is 5.82 Å². The van der Waals surface area contributed by atoms with Crippen molar-refractivity contribution in [3.05, 3.63) is 24.0 Å². The molecule has 5 nitrogen and oxygen atoms in total. The summed E-state index contributed by atoms with van der Waals surface area (Å²) in [4.78, 5) is 4.78. The van der Waals surface area contributed by atoms with Gasteiger partial charge >= 0.3 is 0 Å². The van der Waals surface area contributed by atoms with E-state index in [2.05, 4.69) is 9.80 Å². The zero-order chi connectivity index (χ0) is 16.9. The van der Waals surface area contributed by atoms with E-state index in [0.29, 0.717) is 18.0 Å². The molecule has 0 spiro atoms. The number of β-amino-alcohol motifs (C(OH)–C–C–N with tert-alkyl or cyclic N) is 1. The molecule has 24 heavy (non-hydrogen) atoms. The zero-order valence-corrected chi connectivity index (χ0v) is 14.3. The summed E-state index contributed by atoms with van der Waals surface area (Å²) in [6.45, 7) is 5.98. The second-order valence-electron chi connectivity index (χ2n) is 6.66. The Labute approximate surface area is 143 Å². The van der Waals surface area contributed by atoms with Gasteiger partial charge in [-0.05, 0) is 44.5 Å². The standard InChI is InChI=1S/C18H27FN2O3/c1-23-18-12-14(19)4-5-17(18)24-16-6-9-21(13-15(16)22)11-10-20-7-2-3-8-20/h4-5,12,15-16,22H,2-3,6-11,13H2,1H3/t15-,16-/m1/s1. The lowest BCUT2D eigenvalue weighted by molar-refractivity contribution is -0.0274. The van der Waals surface area contributed by atoms with Gasteiger partial charge in [-0.3, -0.25) is 4.90 Å². The number of ether oxygens (including phenoxy) is 2. The topological polar surface area (TPSA) is 45.2 Å². The van der Waals surface area contributed by atoms with Crippen molar-refractivity contribution in [3.8, 4) is 11.5 Å². The minimum atomic E-state index is -0.549. The first-order valence-electron chi connectivity index (χ1n) is 8.78.